The van der Waals surface area contributed by atoms with Gasteiger partial charge in [-0.1, -0.05) is 18.2 Å². The van der Waals surface area contributed by atoms with Crippen LogP contribution in [0.2, 0.25) is 0 Å². The molecule has 1 saturated heterocycles. The van der Waals surface area contributed by atoms with Gasteiger partial charge in [0.15, 0.2) is 0 Å². The molecule has 9 heteroatoms. The maximum Gasteiger partial charge on any atom is 0.255 e. The van der Waals surface area contributed by atoms with Crippen molar-refractivity contribution in [2.45, 2.75) is 66.0 Å². The molecule has 9 nitrogen and oxygen atoms in total. The van der Waals surface area contributed by atoms with Gasteiger partial charge in [0.1, 0.15) is 11.3 Å². The van der Waals surface area contributed by atoms with Gasteiger partial charge in [-0.15, -0.1) is 0 Å². The fourth-order valence-corrected chi connectivity index (χ4v) is 5.14. The number of ether oxygens (including phenoxy) is 1. The maximum atomic E-state index is 13.1. The lowest BCUT2D eigenvalue weighted by Crippen LogP contribution is -2.44. The molecule has 1 aliphatic rings. The highest BCUT2D eigenvalue weighted by molar-refractivity contribution is 6.04. The summed E-state index contributed by atoms with van der Waals surface area (Å²) >= 11 is 0. The van der Waals surface area contributed by atoms with Gasteiger partial charge in [-0.25, -0.2) is 9.97 Å². The Labute approximate surface area is 229 Å². The molecule has 0 unspecified atom stereocenters. The molecule has 3 heterocycles. The van der Waals surface area contributed by atoms with Crippen LogP contribution in [0.15, 0.2) is 54.9 Å². The molecule has 2 aromatic heterocycles. The summed E-state index contributed by atoms with van der Waals surface area (Å²) in [4.78, 5) is 24.6. The van der Waals surface area contributed by atoms with Gasteiger partial charge in [0.05, 0.1) is 30.6 Å². The van der Waals surface area contributed by atoms with Crippen LogP contribution in [0.5, 0.6) is 0 Å². The van der Waals surface area contributed by atoms with Gasteiger partial charge in [0.2, 0.25) is 5.65 Å². The molecule has 1 amide bonds. The van der Waals surface area contributed by atoms with Crippen molar-refractivity contribution in [2.75, 3.05) is 23.7 Å². The van der Waals surface area contributed by atoms with Crippen molar-refractivity contribution in [1.29, 1.82) is 0 Å². The van der Waals surface area contributed by atoms with Crippen LogP contribution in [0.4, 0.5) is 11.5 Å². The molecule has 3 atom stereocenters. The van der Waals surface area contributed by atoms with E-state index in [2.05, 4.69) is 64.4 Å². The molecule has 0 aliphatic carbocycles. The second-order valence-corrected chi connectivity index (χ2v) is 10.5. The second-order valence-electron chi connectivity index (χ2n) is 10.5. The predicted molar refractivity (Wildman–Crippen MR) is 154 cm³/mol. The third-order valence-electron chi connectivity index (χ3n) is 7.10. The van der Waals surface area contributed by atoms with E-state index in [1.165, 1.54) is 5.56 Å². The first kappa shape index (κ1) is 26.8. The Morgan fingerprint density at radius 1 is 1.15 bits per heavy atom. The molecule has 0 spiro atoms. The lowest BCUT2D eigenvalue weighted by atomic mass is 10.0. The summed E-state index contributed by atoms with van der Waals surface area (Å²) in [5.74, 6) is 0.529. The zero-order chi connectivity index (χ0) is 27.5. The van der Waals surface area contributed by atoms with E-state index in [1.807, 2.05) is 54.2 Å². The van der Waals surface area contributed by atoms with E-state index in [0.29, 0.717) is 17.0 Å². The summed E-state index contributed by atoms with van der Waals surface area (Å²) in [5.41, 5.74) is 6.15. The lowest BCUT2D eigenvalue weighted by Gasteiger charge is -2.35. The number of aryl methyl sites for hydroxylation is 2. The Balaban J connectivity index is 1.22. The molecule has 2 aromatic carbocycles. The third kappa shape index (κ3) is 6.43. The monoisotopic (exact) mass is 527 g/mol. The summed E-state index contributed by atoms with van der Waals surface area (Å²) in [6, 6.07) is 13.8. The minimum Gasteiger partial charge on any atom is -0.373 e. The standard InChI is InChI=1S/C30H37N7O2/c1-6-37-18-27-29(35-37)34-28(14-31-27)32-22(5)23-8-7-9-26(13-23)33-30(38)24-10-11-25(19(2)12-24)17-36-15-20(3)39-21(4)16-36/h7-14,18,20-22H,6,15-17H2,1-5H3,(H,33,38)(H,32,34,35)/t20-,21+,22-/m0/s1. The number of carbonyl (C=O) groups excluding carboxylic acids is 1. The summed E-state index contributed by atoms with van der Waals surface area (Å²) < 4.78 is 7.68. The number of carbonyl (C=O) groups is 1. The molecule has 0 bridgehead atoms. The van der Waals surface area contributed by atoms with Gasteiger partial charge < -0.3 is 15.4 Å². The number of amides is 1. The van der Waals surface area contributed by atoms with Gasteiger partial charge >= 0.3 is 0 Å². The molecule has 4 aromatic rings. The van der Waals surface area contributed by atoms with E-state index in [-0.39, 0.29) is 24.2 Å². The Hall–Kier alpha value is -3.82. The SMILES string of the molecule is CCn1cc2ncc(N[C@@H](C)c3cccc(NC(=O)c4ccc(CN5C[C@@H](C)O[C@@H](C)C5)c(C)c4)c3)nc2n1. The number of nitrogens with zero attached hydrogens (tertiary/aromatic N) is 5. The zero-order valence-corrected chi connectivity index (χ0v) is 23.3. The summed E-state index contributed by atoms with van der Waals surface area (Å²) in [6.07, 6.45) is 4.07. The van der Waals surface area contributed by atoms with Crippen molar-refractivity contribution in [3.8, 4) is 0 Å². The van der Waals surface area contributed by atoms with Crippen LogP contribution in [0.1, 0.15) is 60.8 Å². The van der Waals surface area contributed by atoms with Crippen LogP contribution < -0.4 is 10.6 Å². The average Bonchev–Trinajstić information content (AvgIpc) is 3.32. The molecule has 2 N–H and O–H groups in total. The highest BCUT2D eigenvalue weighted by Gasteiger charge is 2.22. The Morgan fingerprint density at radius 2 is 1.95 bits per heavy atom. The van der Waals surface area contributed by atoms with Gasteiger partial charge in [0.25, 0.3) is 5.91 Å². The minimum atomic E-state index is -0.126. The van der Waals surface area contributed by atoms with Crippen molar-refractivity contribution in [1.82, 2.24) is 24.6 Å². The lowest BCUT2D eigenvalue weighted by molar-refractivity contribution is -0.0705. The van der Waals surface area contributed by atoms with Crippen LogP contribution in [0.3, 0.4) is 0 Å². The molecule has 1 aliphatic heterocycles. The highest BCUT2D eigenvalue weighted by Crippen LogP contribution is 2.23. The van der Waals surface area contributed by atoms with Crippen LogP contribution in [0, 0.1) is 6.92 Å². The van der Waals surface area contributed by atoms with Crippen LogP contribution in [-0.4, -0.2) is 55.9 Å². The van der Waals surface area contributed by atoms with Crippen molar-refractivity contribution in [3.05, 3.63) is 77.1 Å². The predicted octanol–water partition coefficient (Wildman–Crippen LogP) is 5.19. The van der Waals surface area contributed by atoms with Crippen molar-refractivity contribution in [3.63, 3.8) is 0 Å². The van der Waals surface area contributed by atoms with Gasteiger partial charge in [0, 0.05) is 37.4 Å². The highest BCUT2D eigenvalue weighted by atomic mass is 16.5. The smallest absolute Gasteiger partial charge is 0.255 e. The Bertz CT molecular complexity index is 1460. The summed E-state index contributed by atoms with van der Waals surface area (Å²) in [5, 5.41) is 10.9. The molecular formula is C30H37N7O2. The van der Waals surface area contributed by atoms with E-state index in [1.54, 1.807) is 6.20 Å². The van der Waals surface area contributed by atoms with Gasteiger partial charge in [-0.05, 0) is 75.6 Å². The number of aromatic nitrogens is 4. The first-order valence-corrected chi connectivity index (χ1v) is 13.6. The van der Waals surface area contributed by atoms with Crippen molar-refractivity contribution in [2.24, 2.45) is 0 Å². The first-order valence-electron chi connectivity index (χ1n) is 13.6. The first-order chi connectivity index (χ1) is 18.8. The van der Waals surface area contributed by atoms with Gasteiger partial charge in [-0.2, -0.15) is 5.10 Å². The van der Waals surface area contributed by atoms with E-state index in [0.717, 1.165) is 48.5 Å². The van der Waals surface area contributed by atoms with E-state index < -0.39 is 0 Å². The number of morpholine rings is 1. The fraction of sp³-hybridized carbons (Fsp3) is 0.400. The molecule has 0 saturated carbocycles. The molecule has 204 valence electrons. The Kier molecular flexibility index (Phi) is 7.90. The van der Waals surface area contributed by atoms with E-state index in [4.69, 9.17) is 4.74 Å². The number of hydrogen-bond donors (Lipinski definition) is 2. The minimum absolute atomic E-state index is 0.0472. The van der Waals surface area contributed by atoms with Crippen molar-refractivity contribution < 1.29 is 9.53 Å². The number of hydrogen-bond acceptors (Lipinski definition) is 7. The Morgan fingerprint density at radius 3 is 2.69 bits per heavy atom. The van der Waals surface area contributed by atoms with E-state index >= 15 is 0 Å². The number of rotatable bonds is 8. The normalized spacial score (nSPS) is 18.7. The fourth-order valence-electron chi connectivity index (χ4n) is 5.14. The van der Waals surface area contributed by atoms with Gasteiger partial charge in [-0.3, -0.25) is 14.4 Å². The van der Waals surface area contributed by atoms with Crippen LogP contribution in [-0.2, 0) is 17.8 Å². The molecule has 1 fully saturated rings. The molecule has 39 heavy (non-hydrogen) atoms. The second kappa shape index (κ2) is 11.5. The molecule has 5 rings (SSSR count). The number of nitrogens with one attached hydrogen (secondary N) is 2. The quantitative estimate of drug-likeness (QED) is 0.325. The number of fused-ring (bicyclic) bond motifs is 1. The zero-order valence-electron chi connectivity index (χ0n) is 23.3. The molecular weight excluding hydrogens is 490 g/mol. The topological polar surface area (TPSA) is 97.2 Å². The summed E-state index contributed by atoms with van der Waals surface area (Å²) in [7, 11) is 0. The summed E-state index contributed by atoms with van der Waals surface area (Å²) in [6.45, 7) is 13.8. The maximum absolute atomic E-state index is 13.1. The van der Waals surface area contributed by atoms with Crippen molar-refractivity contribution >= 4 is 28.6 Å². The van der Waals surface area contributed by atoms with E-state index in [9.17, 15) is 4.79 Å². The molecule has 0 radical (unpaired) electrons. The average molecular weight is 528 g/mol. The largest absolute Gasteiger partial charge is 0.373 e. The third-order valence-corrected chi connectivity index (χ3v) is 7.10. The van der Waals surface area contributed by atoms with Crippen LogP contribution in [0.25, 0.3) is 11.2 Å². The number of benzene rings is 2. The number of anilines is 2. The van der Waals surface area contributed by atoms with Crippen LogP contribution >= 0.6 is 0 Å².